The van der Waals surface area contributed by atoms with Crippen molar-refractivity contribution >= 4 is 11.8 Å². The van der Waals surface area contributed by atoms with Gasteiger partial charge >= 0.3 is 0 Å². The van der Waals surface area contributed by atoms with E-state index in [0.717, 1.165) is 6.07 Å². The summed E-state index contributed by atoms with van der Waals surface area (Å²) in [5.74, 6) is -2.48. The molecule has 35 heavy (non-hydrogen) atoms. The number of nitrogens with one attached hydrogen (secondary N) is 1. The number of aromatic nitrogens is 1. The minimum absolute atomic E-state index is 0.0343. The monoisotopic (exact) mass is 487 g/mol. The Hall–Kier alpha value is -3.27. The lowest BCUT2D eigenvalue weighted by Gasteiger charge is -2.48. The number of ether oxygens (including phenoxy) is 1. The van der Waals surface area contributed by atoms with Gasteiger partial charge in [-0.15, -0.1) is 0 Å². The van der Waals surface area contributed by atoms with Crippen molar-refractivity contribution in [1.29, 1.82) is 0 Å². The van der Waals surface area contributed by atoms with Gasteiger partial charge in [0.15, 0.2) is 17.7 Å². The first kappa shape index (κ1) is 23.5. The Labute approximate surface area is 200 Å². The maximum absolute atomic E-state index is 13.9. The molecule has 1 aromatic carbocycles. The van der Waals surface area contributed by atoms with Crippen molar-refractivity contribution in [3.8, 4) is 5.75 Å². The van der Waals surface area contributed by atoms with Gasteiger partial charge in [-0.25, -0.2) is 8.78 Å². The van der Waals surface area contributed by atoms with Gasteiger partial charge < -0.3 is 24.6 Å². The Morgan fingerprint density at radius 2 is 1.91 bits per heavy atom. The van der Waals surface area contributed by atoms with Crippen LogP contribution in [0.3, 0.4) is 0 Å². The highest BCUT2D eigenvalue weighted by Crippen LogP contribution is 2.52. The summed E-state index contributed by atoms with van der Waals surface area (Å²) in [4.78, 5) is 40.7. The highest BCUT2D eigenvalue weighted by molar-refractivity contribution is 5.99. The lowest BCUT2D eigenvalue weighted by molar-refractivity contribution is -0.154. The van der Waals surface area contributed by atoms with Crippen molar-refractivity contribution in [3.63, 3.8) is 0 Å². The second-order valence-corrected chi connectivity index (χ2v) is 9.85. The molecule has 186 valence electrons. The maximum Gasteiger partial charge on any atom is 0.276 e. The summed E-state index contributed by atoms with van der Waals surface area (Å²) in [6.07, 6.45) is 1.24. The first-order chi connectivity index (χ1) is 16.6. The third-order valence-corrected chi connectivity index (χ3v) is 7.72. The standard InChI is InChI=1S/C25H27F2N3O5/c1-11-6-18(20-12(2)13(20)3)30-19(35-11)10-29-9-16(22(31)23(32)21(29)25(30)34)24(33)28-8-14-4-5-15(26)7-17(14)27/h4-5,7,9,11-13,18-20,32H,6,8,10H2,1-3H3,(H,28,33). The highest BCUT2D eigenvalue weighted by atomic mass is 19.1. The Kier molecular flexibility index (Phi) is 5.66. The molecule has 1 saturated carbocycles. The molecule has 2 N–H and O–H groups in total. The first-order valence-corrected chi connectivity index (χ1v) is 11.7. The number of carbonyl (C=O) groups is 2. The zero-order valence-corrected chi connectivity index (χ0v) is 19.6. The number of halogens is 2. The van der Waals surface area contributed by atoms with Gasteiger partial charge in [-0.1, -0.05) is 19.9 Å². The Balaban J connectivity index is 1.44. The van der Waals surface area contributed by atoms with E-state index >= 15 is 0 Å². The predicted molar refractivity (Wildman–Crippen MR) is 121 cm³/mol. The molecule has 2 aliphatic heterocycles. The normalized spacial score (nSPS) is 29.4. The van der Waals surface area contributed by atoms with Crippen molar-refractivity contribution in [2.24, 2.45) is 17.8 Å². The quantitative estimate of drug-likeness (QED) is 0.691. The number of hydrogen-bond acceptors (Lipinski definition) is 5. The van der Waals surface area contributed by atoms with Gasteiger partial charge in [-0.05, 0) is 37.2 Å². The van der Waals surface area contributed by atoms with Crippen molar-refractivity contribution in [2.75, 3.05) is 0 Å². The summed E-state index contributed by atoms with van der Waals surface area (Å²) in [6.45, 7) is 6.12. The molecule has 5 rings (SSSR count). The maximum atomic E-state index is 13.9. The van der Waals surface area contributed by atoms with E-state index in [1.54, 1.807) is 4.90 Å². The molecular weight excluding hydrogens is 460 g/mol. The van der Waals surface area contributed by atoms with Gasteiger partial charge in [0.2, 0.25) is 5.43 Å². The number of nitrogens with zero attached hydrogens (tertiary/aromatic N) is 2. The smallest absolute Gasteiger partial charge is 0.276 e. The van der Waals surface area contributed by atoms with E-state index in [1.165, 1.54) is 16.8 Å². The van der Waals surface area contributed by atoms with Crippen molar-refractivity contribution in [2.45, 2.75) is 58.7 Å². The van der Waals surface area contributed by atoms with Crippen LogP contribution in [0.25, 0.3) is 0 Å². The Morgan fingerprint density at radius 3 is 2.57 bits per heavy atom. The second-order valence-electron chi connectivity index (χ2n) is 9.85. The Bertz CT molecular complexity index is 1270. The summed E-state index contributed by atoms with van der Waals surface area (Å²) in [6, 6.07) is 2.89. The predicted octanol–water partition coefficient (Wildman–Crippen LogP) is 2.62. The zero-order valence-electron chi connectivity index (χ0n) is 19.6. The van der Waals surface area contributed by atoms with Crippen LogP contribution in [0.2, 0.25) is 0 Å². The minimum atomic E-state index is -0.990. The van der Waals surface area contributed by atoms with Gasteiger partial charge in [0.05, 0.1) is 12.6 Å². The highest BCUT2D eigenvalue weighted by Gasteiger charge is 2.55. The van der Waals surface area contributed by atoms with Gasteiger partial charge in [0, 0.05) is 30.4 Å². The first-order valence-electron chi connectivity index (χ1n) is 11.7. The van der Waals surface area contributed by atoms with Crippen LogP contribution in [-0.4, -0.2) is 44.8 Å². The van der Waals surface area contributed by atoms with E-state index in [2.05, 4.69) is 19.2 Å². The van der Waals surface area contributed by atoms with E-state index < -0.39 is 40.9 Å². The number of amides is 2. The number of benzene rings is 1. The average molecular weight is 488 g/mol. The molecule has 2 amide bonds. The number of pyridine rings is 1. The molecule has 1 aromatic heterocycles. The van der Waals surface area contributed by atoms with Crippen molar-refractivity contribution in [1.82, 2.24) is 14.8 Å². The molecule has 8 nitrogen and oxygen atoms in total. The van der Waals surface area contributed by atoms with Crippen LogP contribution >= 0.6 is 0 Å². The largest absolute Gasteiger partial charge is 0.503 e. The van der Waals surface area contributed by atoms with Crippen LogP contribution < -0.4 is 10.7 Å². The average Bonchev–Trinajstić information content (AvgIpc) is 3.39. The summed E-state index contributed by atoms with van der Waals surface area (Å²) < 4.78 is 34.4. The number of carbonyl (C=O) groups excluding carboxylic acids is 2. The van der Waals surface area contributed by atoms with E-state index in [1.807, 2.05) is 6.92 Å². The van der Waals surface area contributed by atoms with E-state index in [-0.39, 0.29) is 42.1 Å². The lowest BCUT2D eigenvalue weighted by Crippen LogP contribution is -2.60. The fourth-order valence-electron chi connectivity index (χ4n) is 5.62. The van der Waals surface area contributed by atoms with Gasteiger partial charge in [-0.2, -0.15) is 0 Å². The van der Waals surface area contributed by atoms with Crippen molar-refractivity contribution < 1.29 is 28.2 Å². The fourth-order valence-corrected chi connectivity index (χ4v) is 5.62. The molecule has 5 unspecified atom stereocenters. The molecule has 1 saturated heterocycles. The van der Waals surface area contributed by atoms with Gasteiger partial charge in [0.25, 0.3) is 11.8 Å². The van der Waals surface area contributed by atoms with Crippen LogP contribution in [0.5, 0.6) is 5.75 Å². The lowest BCUT2D eigenvalue weighted by atomic mass is 9.96. The van der Waals surface area contributed by atoms with E-state index in [4.69, 9.17) is 4.74 Å². The summed E-state index contributed by atoms with van der Waals surface area (Å²) in [7, 11) is 0. The second kappa shape index (κ2) is 8.44. The zero-order chi connectivity index (χ0) is 25.2. The van der Waals surface area contributed by atoms with Crippen LogP contribution in [-0.2, 0) is 17.8 Å². The van der Waals surface area contributed by atoms with E-state index in [0.29, 0.717) is 30.2 Å². The molecule has 1 aliphatic carbocycles. The summed E-state index contributed by atoms with van der Waals surface area (Å²) in [5, 5.41) is 13.1. The van der Waals surface area contributed by atoms with Crippen LogP contribution in [0.15, 0.2) is 29.2 Å². The summed E-state index contributed by atoms with van der Waals surface area (Å²) in [5.41, 5.74) is -1.51. The number of aromatic hydroxyl groups is 1. The molecular formula is C25H27F2N3O5. The topological polar surface area (TPSA) is 101 Å². The van der Waals surface area contributed by atoms with Crippen LogP contribution in [0.1, 0.15) is 53.6 Å². The van der Waals surface area contributed by atoms with Gasteiger partial charge in [0.1, 0.15) is 17.2 Å². The molecule has 5 atom stereocenters. The van der Waals surface area contributed by atoms with Crippen LogP contribution in [0.4, 0.5) is 8.78 Å². The molecule has 2 fully saturated rings. The van der Waals surface area contributed by atoms with Crippen molar-refractivity contribution in [3.05, 3.63) is 63.1 Å². The SMILES string of the molecule is CC1CC(C2C(C)C2C)N2C(=O)c3c(O)c(=O)c(C(=O)NCc4ccc(F)cc4F)cn3CC2O1. The summed E-state index contributed by atoms with van der Waals surface area (Å²) >= 11 is 0. The molecule has 10 heteroatoms. The molecule has 0 bridgehead atoms. The Morgan fingerprint density at radius 1 is 1.20 bits per heavy atom. The minimum Gasteiger partial charge on any atom is -0.503 e. The number of fused-ring (bicyclic) bond motifs is 2. The molecule has 3 aliphatic rings. The molecule has 0 spiro atoms. The number of hydrogen-bond donors (Lipinski definition) is 2. The molecule has 2 aromatic rings. The third kappa shape index (κ3) is 3.89. The van der Waals surface area contributed by atoms with E-state index in [9.17, 15) is 28.3 Å². The molecule has 0 radical (unpaired) electrons. The van der Waals surface area contributed by atoms with Crippen LogP contribution in [0, 0.1) is 29.4 Å². The molecule has 3 heterocycles. The fraction of sp³-hybridized carbons (Fsp3) is 0.480. The number of rotatable bonds is 4. The van der Waals surface area contributed by atoms with Gasteiger partial charge in [-0.3, -0.25) is 14.4 Å². The third-order valence-electron chi connectivity index (χ3n) is 7.72.